The fourth-order valence-corrected chi connectivity index (χ4v) is 2.72. The number of pyridine rings is 1. The number of nitrogens with zero attached hydrogens (tertiary/aromatic N) is 2. The topological polar surface area (TPSA) is 36.4 Å². The molecular weight excluding hydrogens is 260 g/mol. The van der Waals surface area contributed by atoms with Crippen molar-refractivity contribution in [3.63, 3.8) is 0 Å². The minimum Gasteiger partial charge on any atom is -0.390 e. The third kappa shape index (κ3) is 3.73. The molecule has 0 atom stereocenters. The zero-order valence-corrected chi connectivity index (χ0v) is 13.3. The molecule has 0 amide bonds. The third-order valence-corrected chi connectivity index (χ3v) is 3.84. The standard InChI is InChI=1S/C18H26N2O/c1-4-5-8-11-20(14(2)3)18-12-15(13-21)19-17-10-7-6-9-16(17)18/h6-7,9-10,12,14,21H,4-5,8,11,13H2,1-3H3. The molecule has 0 saturated carbocycles. The fourth-order valence-electron chi connectivity index (χ4n) is 2.72. The Labute approximate surface area is 127 Å². The van der Waals surface area contributed by atoms with E-state index >= 15 is 0 Å². The molecule has 3 nitrogen and oxygen atoms in total. The zero-order valence-electron chi connectivity index (χ0n) is 13.3. The number of anilines is 1. The summed E-state index contributed by atoms with van der Waals surface area (Å²) in [6.45, 7) is 7.70. The molecule has 1 aromatic heterocycles. The lowest BCUT2D eigenvalue weighted by atomic mass is 10.1. The number of hydrogen-bond donors (Lipinski definition) is 1. The second kappa shape index (κ2) is 7.41. The van der Waals surface area contributed by atoms with Crippen LogP contribution in [0.1, 0.15) is 45.7 Å². The number of unbranched alkanes of at least 4 members (excludes halogenated alkanes) is 2. The number of aliphatic hydroxyl groups is 1. The Balaban J connectivity index is 2.44. The van der Waals surface area contributed by atoms with E-state index in [1.54, 1.807) is 0 Å². The van der Waals surface area contributed by atoms with E-state index < -0.39 is 0 Å². The second-order valence-corrected chi connectivity index (χ2v) is 5.80. The van der Waals surface area contributed by atoms with Crippen molar-refractivity contribution in [2.45, 2.75) is 52.7 Å². The first-order valence-electron chi connectivity index (χ1n) is 7.93. The van der Waals surface area contributed by atoms with Crippen molar-refractivity contribution in [1.82, 2.24) is 4.98 Å². The summed E-state index contributed by atoms with van der Waals surface area (Å²) in [4.78, 5) is 6.95. The Bertz CT molecular complexity index is 580. The van der Waals surface area contributed by atoms with Gasteiger partial charge in [0.2, 0.25) is 0 Å². The highest BCUT2D eigenvalue weighted by Gasteiger charge is 2.15. The molecule has 2 aromatic rings. The highest BCUT2D eigenvalue weighted by atomic mass is 16.3. The summed E-state index contributed by atoms with van der Waals surface area (Å²) >= 11 is 0. The van der Waals surface area contributed by atoms with Crippen molar-refractivity contribution >= 4 is 16.6 Å². The van der Waals surface area contributed by atoms with E-state index in [0.29, 0.717) is 6.04 Å². The van der Waals surface area contributed by atoms with E-state index in [9.17, 15) is 5.11 Å². The Morgan fingerprint density at radius 3 is 2.62 bits per heavy atom. The maximum atomic E-state index is 9.48. The molecule has 1 heterocycles. The van der Waals surface area contributed by atoms with Gasteiger partial charge in [-0.3, -0.25) is 4.98 Å². The minimum atomic E-state index is -0.0151. The van der Waals surface area contributed by atoms with Gasteiger partial charge in [0.05, 0.1) is 17.8 Å². The lowest BCUT2D eigenvalue weighted by Crippen LogP contribution is -2.32. The summed E-state index contributed by atoms with van der Waals surface area (Å²) in [5.41, 5.74) is 2.89. The Morgan fingerprint density at radius 1 is 1.19 bits per heavy atom. The van der Waals surface area contributed by atoms with Crippen LogP contribution >= 0.6 is 0 Å². The second-order valence-electron chi connectivity index (χ2n) is 5.80. The molecule has 2 rings (SSSR count). The van der Waals surface area contributed by atoms with Gasteiger partial charge >= 0.3 is 0 Å². The normalized spacial score (nSPS) is 11.3. The molecule has 1 aromatic carbocycles. The summed E-state index contributed by atoms with van der Waals surface area (Å²) < 4.78 is 0. The SMILES string of the molecule is CCCCCN(c1cc(CO)nc2ccccc12)C(C)C. The first-order valence-corrected chi connectivity index (χ1v) is 7.93. The number of hydrogen-bond acceptors (Lipinski definition) is 3. The van der Waals surface area contributed by atoms with Crippen LogP contribution in [0.4, 0.5) is 5.69 Å². The predicted octanol–water partition coefficient (Wildman–Crippen LogP) is 4.13. The number of fused-ring (bicyclic) bond motifs is 1. The van der Waals surface area contributed by atoms with Gasteiger partial charge in [-0.1, -0.05) is 38.0 Å². The fraction of sp³-hybridized carbons (Fsp3) is 0.500. The smallest absolute Gasteiger partial charge is 0.0854 e. The van der Waals surface area contributed by atoms with Gasteiger partial charge in [0.1, 0.15) is 0 Å². The summed E-state index contributed by atoms with van der Waals surface area (Å²) in [6.07, 6.45) is 3.67. The van der Waals surface area contributed by atoms with Crippen LogP contribution in [0.5, 0.6) is 0 Å². The molecule has 114 valence electrons. The van der Waals surface area contributed by atoms with Crippen molar-refractivity contribution < 1.29 is 5.11 Å². The number of para-hydroxylation sites is 1. The molecule has 0 saturated heterocycles. The van der Waals surface area contributed by atoms with Gasteiger partial charge in [-0.15, -0.1) is 0 Å². The van der Waals surface area contributed by atoms with Gasteiger partial charge in [0.25, 0.3) is 0 Å². The molecule has 0 unspecified atom stereocenters. The van der Waals surface area contributed by atoms with Crippen LogP contribution in [-0.4, -0.2) is 22.7 Å². The van der Waals surface area contributed by atoms with Crippen LogP contribution in [0, 0.1) is 0 Å². The summed E-state index contributed by atoms with van der Waals surface area (Å²) in [5.74, 6) is 0. The average molecular weight is 286 g/mol. The van der Waals surface area contributed by atoms with Crippen LogP contribution < -0.4 is 4.90 Å². The molecule has 21 heavy (non-hydrogen) atoms. The molecule has 0 spiro atoms. The first kappa shape index (κ1) is 15.8. The lowest BCUT2D eigenvalue weighted by molar-refractivity contribution is 0.277. The Kier molecular flexibility index (Phi) is 5.57. The van der Waals surface area contributed by atoms with Gasteiger partial charge in [-0.05, 0) is 32.4 Å². The average Bonchev–Trinajstić information content (AvgIpc) is 2.50. The van der Waals surface area contributed by atoms with Crippen LogP contribution in [-0.2, 0) is 6.61 Å². The van der Waals surface area contributed by atoms with Crippen LogP contribution in [0.25, 0.3) is 10.9 Å². The van der Waals surface area contributed by atoms with Crippen molar-refractivity contribution in [3.05, 3.63) is 36.0 Å². The van der Waals surface area contributed by atoms with Gasteiger partial charge in [0.15, 0.2) is 0 Å². The molecule has 0 aliphatic carbocycles. The minimum absolute atomic E-state index is 0.0151. The maximum Gasteiger partial charge on any atom is 0.0854 e. The highest BCUT2D eigenvalue weighted by molar-refractivity contribution is 5.92. The van der Waals surface area contributed by atoms with E-state index in [2.05, 4.69) is 42.8 Å². The largest absolute Gasteiger partial charge is 0.390 e. The van der Waals surface area contributed by atoms with E-state index in [0.717, 1.165) is 17.8 Å². The number of aliphatic hydroxyl groups excluding tert-OH is 1. The molecule has 0 fully saturated rings. The van der Waals surface area contributed by atoms with E-state index in [-0.39, 0.29) is 6.61 Å². The Hall–Kier alpha value is -1.61. The van der Waals surface area contributed by atoms with Crippen molar-refractivity contribution in [2.75, 3.05) is 11.4 Å². The Morgan fingerprint density at radius 2 is 1.95 bits per heavy atom. The van der Waals surface area contributed by atoms with Gasteiger partial charge in [-0.25, -0.2) is 0 Å². The molecule has 1 N–H and O–H groups in total. The molecule has 0 aliphatic heterocycles. The van der Waals surface area contributed by atoms with Crippen molar-refractivity contribution in [1.29, 1.82) is 0 Å². The van der Waals surface area contributed by atoms with Crippen LogP contribution in [0.15, 0.2) is 30.3 Å². The third-order valence-electron chi connectivity index (χ3n) is 3.84. The summed E-state index contributed by atoms with van der Waals surface area (Å²) in [7, 11) is 0. The van der Waals surface area contributed by atoms with Crippen LogP contribution in [0.2, 0.25) is 0 Å². The zero-order chi connectivity index (χ0) is 15.2. The predicted molar refractivity (Wildman–Crippen MR) is 89.7 cm³/mol. The van der Waals surface area contributed by atoms with E-state index in [4.69, 9.17) is 0 Å². The van der Waals surface area contributed by atoms with Gasteiger partial charge in [-0.2, -0.15) is 0 Å². The van der Waals surface area contributed by atoms with E-state index in [1.165, 1.54) is 30.3 Å². The van der Waals surface area contributed by atoms with Crippen LogP contribution in [0.3, 0.4) is 0 Å². The van der Waals surface area contributed by atoms with Gasteiger partial charge in [0, 0.05) is 23.7 Å². The molecule has 0 radical (unpaired) electrons. The maximum absolute atomic E-state index is 9.48. The number of aromatic nitrogens is 1. The highest BCUT2D eigenvalue weighted by Crippen LogP contribution is 2.28. The van der Waals surface area contributed by atoms with Crippen molar-refractivity contribution in [2.24, 2.45) is 0 Å². The molecular formula is C18H26N2O. The summed E-state index contributed by atoms with van der Waals surface area (Å²) in [5, 5.41) is 10.6. The molecule has 0 bridgehead atoms. The summed E-state index contributed by atoms with van der Waals surface area (Å²) in [6, 6.07) is 10.7. The monoisotopic (exact) mass is 286 g/mol. The molecule has 3 heteroatoms. The quantitative estimate of drug-likeness (QED) is 0.777. The number of benzene rings is 1. The number of rotatable bonds is 7. The first-order chi connectivity index (χ1) is 10.2. The molecule has 0 aliphatic rings. The van der Waals surface area contributed by atoms with Crippen molar-refractivity contribution in [3.8, 4) is 0 Å². The lowest BCUT2D eigenvalue weighted by Gasteiger charge is -2.30. The van der Waals surface area contributed by atoms with Gasteiger partial charge < -0.3 is 10.0 Å². The van der Waals surface area contributed by atoms with E-state index in [1.807, 2.05) is 18.2 Å².